The van der Waals surface area contributed by atoms with Crippen molar-refractivity contribution in [3.63, 3.8) is 0 Å². The number of rotatable bonds is 3. The Morgan fingerprint density at radius 3 is 2.61 bits per heavy atom. The van der Waals surface area contributed by atoms with Crippen LogP contribution in [0.5, 0.6) is 0 Å². The topological polar surface area (TPSA) is 90.0 Å². The van der Waals surface area contributed by atoms with Crippen LogP contribution in [0.1, 0.15) is 15.2 Å². The fourth-order valence-electron chi connectivity index (χ4n) is 1.39. The van der Waals surface area contributed by atoms with Gasteiger partial charge in [0.25, 0.3) is 11.8 Å². The van der Waals surface area contributed by atoms with Crippen molar-refractivity contribution in [3.05, 3.63) is 48.5 Å². The molecule has 2 aromatic rings. The zero-order chi connectivity index (χ0) is 13.0. The summed E-state index contributed by atoms with van der Waals surface area (Å²) in [5.74, 6) is -0.570. The highest BCUT2D eigenvalue weighted by molar-refractivity contribution is 5.96. The summed E-state index contributed by atoms with van der Waals surface area (Å²) in [6.07, 6.45) is 4.41. The van der Waals surface area contributed by atoms with Crippen LogP contribution < -0.4 is 11.1 Å². The van der Waals surface area contributed by atoms with E-state index in [9.17, 15) is 9.59 Å². The summed E-state index contributed by atoms with van der Waals surface area (Å²) in [6.45, 7) is -0.0838. The number of hydrogen-bond acceptors (Lipinski definition) is 4. The van der Waals surface area contributed by atoms with Gasteiger partial charge in [-0.1, -0.05) is 0 Å². The van der Waals surface area contributed by atoms with Gasteiger partial charge in [0.2, 0.25) is 0 Å². The van der Waals surface area contributed by atoms with Gasteiger partial charge in [-0.05, 0) is 24.3 Å². The molecule has 0 fully saturated rings. The Kier molecular flexibility index (Phi) is 3.38. The van der Waals surface area contributed by atoms with Gasteiger partial charge in [-0.25, -0.2) is 4.98 Å². The molecule has 1 heterocycles. The number of amides is 1. The second-order valence-electron chi connectivity index (χ2n) is 3.67. The fourth-order valence-corrected chi connectivity index (χ4v) is 1.39. The predicted octanol–water partition coefficient (Wildman–Crippen LogP) is 0.535. The lowest BCUT2D eigenvalue weighted by Gasteiger charge is -2.05. The highest BCUT2D eigenvalue weighted by atomic mass is 16.2. The standard InChI is InChI=1S/C12H12N4O2/c13-10-3-1-9(2-4-10)12(18)15-7-11(17)16-6-5-14-8-16/h1-6,8H,7,13H2,(H,15,18). The number of hydrogen-bond donors (Lipinski definition) is 2. The van der Waals surface area contributed by atoms with Crippen molar-refractivity contribution in [2.45, 2.75) is 0 Å². The van der Waals surface area contributed by atoms with E-state index in [4.69, 9.17) is 5.73 Å². The summed E-state index contributed by atoms with van der Waals surface area (Å²) in [5.41, 5.74) is 6.56. The van der Waals surface area contributed by atoms with E-state index in [1.54, 1.807) is 24.3 Å². The number of nitrogens with one attached hydrogen (secondary N) is 1. The van der Waals surface area contributed by atoms with Crippen LogP contribution in [-0.2, 0) is 0 Å². The van der Waals surface area contributed by atoms with Crippen LogP contribution in [-0.4, -0.2) is 27.9 Å². The van der Waals surface area contributed by atoms with E-state index in [1.165, 1.54) is 23.3 Å². The normalized spacial score (nSPS) is 10.0. The third kappa shape index (κ3) is 2.73. The molecule has 1 amide bonds. The Labute approximate surface area is 103 Å². The maximum absolute atomic E-state index is 11.7. The van der Waals surface area contributed by atoms with Crippen LogP contribution in [0.15, 0.2) is 43.0 Å². The summed E-state index contributed by atoms with van der Waals surface area (Å²) in [6, 6.07) is 6.47. The molecule has 0 bridgehead atoms. The number of nitrogens with zero attached hydrogens (tertiary/aromatic N) is 2. The molecule has 0 aliphatic rings. The molecule has 18 heavy (non-hydrogen) atoms. The Hall–Kier alpha value is -2.63. The van der Waals surface area contributed by atoms with E-state index in [0.29, 0.717) is 11.3 Å². The number of nitrogen functional groups attached to an aromatic ring is 1. The molecular weight excluding hydrogens is 232 g/mol. The number of imidazole rings is 1. The van der Waals surface area contributed by atoms with Crippen molar-refractivity contribution in [1.82, 2.24) is 14.9 Å². The van der Waals surface area contributed by atoms with Gasteiger partial charge in [-0.3, -0.25) is 14.2 Å². The van der Waals surface area contributed by atoms with Gasteiger partial charge < -0.3 is 11.1 Å². The molecule has 92 valence electrons. The number of carbonyl (C=O) groups is 2. The van der Waals surface area contributed by atoms with Crippen LogP contribution >= 0.6 is 0 Å². The van der Waals surface area contributed by atoms with Gasteiger partial charge in [0.15, 0.2) is 0 Å². The quantitative estimate of drug-likeness (QED) is 0.771. The molecule has 0 aliphatic heterocycles. The lowest BCUT2D eigenvalue weighted by molar-refractivity contribution is 0.0861. The SMILES string of the molecule is Nc1ccc(C(=O)NCC(=O)n2ccnc2)cc1. The molecule has 6 nitrogen and oxygen atoms in total. The van der Waals surface area contributed by atoms with Gasteiger partial charge in [0, 0.05) is 23.6 Å². The molecule has 2 rings (SSSR count). The molecule has 0 spiro atoms. The number of aromatic nitrogens is 2. The molecule has 1 aromatic heterocycles. The Morgan fingerprint density at radius 1 is 1.28 bits per heavy atom. The summed E-state index contributed by atoms with van der Waals surface area (Å²) in [5, 5.41) is 2.53. The molecule has 3 N–H and O–H groups in total. The average Bonchev–Trinajstić information content (AvgIpc) is 2.90. The predicted molar refractivity (Wildman–Crippen MR) is 66.0 cm³/mol. The monoisotopic (exact) mass is 244 g/mol. The van der Waals surface area contributed by atoms with Crippen molar-refractivity contribution in [3.8, 4) is 0 Å². The maximum Gasteiger partial charge on any atom is 0.251 e. The average molecular weight is 244 g/mol. The van der Waals surface area contributed by atoms with Gasteiger partial charge in [0.05, 0.1) is 6.54 Å². The van der Waals surface area contributed by atoms with Crippen LogP contribution in [0, 0.1) is 0 Å². The Morgan fingerprint density at radius 2 is 2.00 bits per heavy atom. The first kappa shape index (κ1) is 11.8. The minimum absolute atomic E-state index is 0.0838. The Bertz CT molecular complexity index is 546. The highest BCUT2D eigenvalue weighted by Crippen LogP contribution is 2.04. The van der Waals surface area contributed by atoms with Gasteiger partial charge in [-0.15, -0.1) is 0 Å². The molecule has 0 aliphatic carbocycles. The first-order chi connectivity index (χ1) is 8.66. The first-order valence-corrected chi connectivity index (χ1v) is 5.32. The van der Waals surface area contributed by atoms with E-state index in [1.807, 2.05) is 0 Å². The van der Waals surface area contributed by atoms with E-state index in [0.717, 1.165) is 0 Å². The van der Waals surface area contributed by atoms with Crippen molar-refractivity contribution >= 4 is 17.5 Å². The number of nitrogens with two attached hydrogens (primary N) is 1. The zero-order valence-electron chi connectivity index (χ0n) is 9.54. The van der Waals surface area contributed by atoms with Crippen LogP contribution in [0.4, 0.5) is 5.69 Å². The summed E-state index contributed by atoms with van der Waals surface area (Å²) in [7, 11) is 0. The van der Waals surface area contributed by atoms with E-state index in [2.05, 4.69) is 10.3 Å². The van der Waals surface area contributed by atoms with Gasteiger partial charge >= 0.3 is 0 Å². The second-order valence-corrected chi connectivity index (χ2v) is 3.67. The van der Waals surface area contributed by atoms with Crippen LogP contribution in [0.2, 0.25) is 0 Å². The summed E-state index contributed by atoms with van der Waals surface area (Å²) >= 11 is 0. The highest BCUT2D eigenvalue weighted by Gasteiger charge is 2.08. The second kappa shape index (κ2) is 5.13. The third-order valence-electron chi connectivity index (χ3n) is 2.37. The van der Waals surface area contributed by atoms with E-state index >= 15 is 0 Å². The number of benzene rings is 1. The van der Waals surface area contributed by atoms with E-state index < -0.39 is 0 Å². The molecule has 1 aromatic carbocycles. The number of anilines is 1. The van der Waals surface area contributed by atoms with Crippen LogP contribution in [0.25, 0.3) is 0 Å². The minimum atomic E-state index is -0.316. The molecule has 0 saturated heterocycles. The van der Waals surface area contributed by atoms with Crippen molar-refractivity contribution in [2.24, 2.45) is 0 Å². The van der Waals surface area contributed by atoms with Crippen molar-refractivity contribution in [1.29, 1.82) is 0 Å². The smallest absolute Gasteiger partial charge is 0.251 e. The zero-order valence-corrected chi connectivity index (χ0v) is 9.54. The molecule has 0 unspecified atom stereocenters. The molecular formula is C12H12N4O2. The fraction of sp³-hybridized carbons (Fsp3) is 0.0833. The summed E-state index contributed by atoms with van der Waals surface area (Å²) in [4.78, 5) is 27.0. The summed E-state index contributed by atoms with van der Waals surface area (Å²) < 4.78 is 1.31. The lowest BCUT2D eigenvalue weighted by Crippen LogP contribution is -2.31. The first-order valence-electron chi connectivity index (χ1n) is 5.32. The molecule has 6 heteroatoms. The minimum Gasteiger partial charge on any atom is -0.399 e. The molecule has 0 saturated carbocycles. The molecule has 0 radical (unpaired) electrons. The van der Waals surface area contributed by atoms with Crippen molar-refractivity contribution < 1.29 is 9.59 Å². The third-order valence-corrected chi connectivity index (χ3v) is 2.37. The Balaban J connectivity index is 1.92. The lowest BCUT2D eigenvalue weighted by atomic mass is 10.2. The van der Waals surface area contributed by atoms with Gasteiger partial charge in [0.1, 0.15) is 6.33 Å². The number of carbonyl (C=O) groups excluding carboxylic acids is 2. The molecule has 0 atom stereocenters. The van der Waals surface area contributed by atoms with Crippen LogP contribution in [0.3, 0.4) is 0 Å². The van der Waals surface area contributed by atoms with Crippen molar-refractivity contribution in [2.75, 3.05) is 12.3 Å². The van der Waals surface area contributed by atoms with Gasteiger partial charge in [-0.2, -0.15) is 0 Å². The maximum atomic E-state index is 11.7. The largest absolute Gasteiger partial charge is 0.399 e. The van der Waals surface area contributed by atoms with E-state index in [-0.39, 0.29) is 18.4 Å².